The highest BCUT2D eigenvalue weighted by molar-refractivity contribution is 8.00. The molecule has 0 saturated carbocycles. The molecule has 0 amide bonds. The highest BCUT2D eigenvalue weighted by atomic mass is 32.2. The first-order chi connectivity index (χ1) is 4.43. The molecule has 0 spiro atoms. The summed E-state index contributed by atoms with van der Waals surface area (Å²) < 4.78 is 0. The van der Waals surface area contributed by atoms with Crippen LogP contribution in [0.4, 0.5) is 0 Å². The minimum absolute atomic E-state index is 0.748. The van der Waals surface area contributed by atoms with Crippen LogP contribution in [0.3, 0.4) is 0 Å². The van der Waals surface area contributed by atoms with Gasteiger partial charge in [0.2, 0.25) is 0 Å². The summed E-state index contributed by atoms with van der Waals surface area (Å²) in [5.74, 6) is 1.32. The normalized spacial score (nSPS) is 25.9. The van der Waals surface area contributed by atoms with Gasteiger partial charge in [-0.05, 0) is 25.0 Å². The predicted molar refractivity (Wildman–Crippen MR) is 40.3 cm³/mol. The molecule has 1 unspecified atom stereocenters. The Morgan fingerprint density at radius 1 is 1.67 bits per heavy atom. The van der Waals surface area contributed by atoms with Gasteiger partial charge in [0, 0.05) is 11.7 Å². The molecule has 1 atom stereocenters. The van der Waals surface area contributed by atoms with Gasteiger partial charge in [0.05, 0.1) is 6.07 Å². The first-order valence-corrected chi connectivity index (χ1v) is 4.47. The van der Waals surface area contributed by atoms with Gasteiger partial charge in [-0.3, -0.25) is 0 Å². The van der Waals surface area contributed by atoms with Crippen LogP contribution in [0.5, 0.6) is 0 Å². The number of nitrogens with zero attached hydrogens (tertiary/aromatic N) is 1. The summed E-state index contributed by atoms with van der Waals surface area (Å²) in [6, 6.07) is 2.18. The van der Waals surface area contributed by atoms with E-state index in [9.17, 15) is 0 Å². The lowest BCUT2D eigenvalue weighted by Gasteiger charge is -2.01. The lowest BCUT2D eigenvalue weighted by molar-refractivity contribution is 0.729. The van der Waals surface area contributed by atoms with E-state index < -0.39 is 0 Å². The fraction of sp³-hybridized carbons (Fsp3) is 0.857. The molecule has 1 aliphatic rings. The topological polar surface area (TPSA) is 23.8 Å². The Labute approximate surface area is 60.4 Å². The molecule has 50 valence electrons. The Balaban J connectivity index is 2.06. The van der Waals surface area contributed by atoms with E-state index in [4.69, 9.17) is 5.26 Å². The van der Waals surface area contributed by atoms with Crippen LogP contribution in [0.1, 0.15) is 25.7 Å². The second-order valence-electron chi connectivity index (χ2n) is 2.33. The van der Waals surface area contributed by atoms with Gasteiger partial charge in [0.15, 0.2) is 0 Å². The Morgan fingerprint density at radius 3 is 3.11 bits per heavy atom. The number of hydrogen-bond donors (Lipinski definition) is 0. The average molecular weight is 141 g/mol. The van der Waals surface area contributed by atoms with Crippen LogP contribution in [0.15, 0.2) is 0 Å². The van der Waals surface area contributed by atoms with Crippen molar-refractivity contribution in [2.45, 2.75) is 30.9 Å². The fourth-order valence-electron chi connectivity index (χ4n) is 1.10. The second-order valence-corrected chi connectivity index (χ2v) is 3.74. The van der Waals surface area contributed by atoms with Crippen LogP contribution in [-0.4, -0.2) is 11.0 Å². The molecular formula is C7H11NS. The zero-order chi connectivity index (χ0) is 6.53. The summed E-state index contributed by atoms with van der Waals surface area (Å²) in [6.45, 7) is 0. The van der Waals surface area contributed by atoms with Gasteiger partial charge in [0.25, 0.3) is 0 Å². The van der Waals surface area contributed by atoms with Crippen LogP contribution >= 0.6 is 11.8 Å². The average Bonchev–Trinajstić information content (AvgIpc) is 2.34. The first-order valence-electron chi connectivity index (χ1n) is 3.42. The largest absolute Gasteiger partial charge is 0.198 e. The van der Waals surface area contributed by atoms with Crippen molar-refractivity contribution in [3.63, 3.8) is 0 Å². The summed E-state index contributed by atoms with van der Waals surface area (Å²) >= 11 is 2.03. The van der Waals surface area contributed by atoms with E-state index in [0.29, 0.717) is 0 Å². The van der Waals surface area contributed by atoms with Crippen LogP contribution in [0.25, 0.3) is 0 Å². The van der Waals surface area contributed by atoms with E-state index in [1.165, 1.54) is 18.6 Å². The van der Waals surface area contributed by atoms with E-state index in [1.54, 1.807) is 0 Å². The maximum atomic E-state index is 8.27. The molecule has 1 aliphatic heterocycles. The van der Waals surface area contributed by atoms with Crippen molar-refractivity contribution in [1.82, 2.24) is 0 Å². The van der Waals surface area contributed by atoms with Crippen molar-refractivity contribution < 1.29 is 0 Å². The molecule has 9 heavy (non-hydrogen) atoms. The Hall–Kier alpha value is -0.160. The molecule has 1 heterocycles. The lowest BCUT2D eigenvalue weighted by Crippen LogP contribution is -1.93. The van der Waals surface area contributed by atoms with Crippen molar-refractivity contribution in [1.29, 1.82) is 5.26 Å². The smallest absolute Gasteiger partial charge is 0.0622 e. The molecule has 1 saturated heterocycles. The first kappa shape index (κ1) is 6.95. The minimum Gasteiger partial charge on any atom is -0.198 e. The molecule has 0 aromatic rings. The zero-order valence-electron chi connectivity index (χ0n) is 5.47. The number of nitriles is 1. The van der Waals surface area contributed by atoms with Gasteiger partial charge in [-0.25, -0.2) is 0 Å². The van der Waals surface area contributed by atoms with Crippen LogP contribution in [0.2, 0.25) is 0 Å². The number of rotatable bonds is 2. The molecule has 0 aromatic carbocycles. The van der Waals surface area contributed by atoms with E-state index in [-0.39, 0.29) is 0 Å². The quantitative estimate of drug-likeness (QED) is 0.588. The summed E-state index contributed by atoms with van der Waals surface area (Å²) in [4.78, 5) is 0. The fourth-order valence-corrected chi connectivity index (χ4v) is 2.38. The van der Waals surface area contributed by atoms with Gasteiger partial charge in [-0.2, -0.15) is 17.0 Å². The van der Waals surface area contributed by atoms with E-state index >= 15 is 0 Å². The Kier molecular flexibility index (Phi) is 2.93. The number of thioether (sulfide) groups is 1. The van der Waals surface area contributed by atoms with Gasteiger partial charge in [-0.15, -0.1) is 0 Å². The summed E-state index contributed by atoms with van der Waals surface area (Å²) in [5, 5.41) is 9.08. The van der Waals surface area contributed by atoms with Crippen molar-refractivity contribution in [2.75, 3.05) is 5.75 Å². The lowest BCUT2D eigenvalue weighted by atomic mass is 10.2. The molecule has 0 aromatic heterocycles. The molecule has 0 aliphatic carbocycles. The van der Waals surface area contributed by atoms with Crippen molar-refractivity contribution in [3.05, 3.63) is 0 Å². The maximum absolute atomic E-state index is 8.27. The summed E-state index contributed by atoms with van der Waals surface area (Å²) in [5.41, 5.74) is 0. The van der Waals surface area contributed by atoms with E-state index in [0.717, 1.165) is 18.1 Å². The third-order valence-electron chi connectivity index (χ3n) is 1.60. The van der Waals surface area contributed by atoms with Crippen LogP contribution < -0.4 is 0 Å². The Bertz CT molecular complexity index is 111. The highest BCUT2D eigenvalue weighted by Gasteiger charge is 2.13. The molecule has 1 fully saturated rings. The van der Waals surface area contributed by atoms with Gasteiger partial charge >= 0.3 is 0 Å². The monoisotopic (exact) mass is 141 g/mol. The number of hydrogen-bond acceptors (Lipinski definition) is 2. The van der Waals surface area contributed by atoms with Crippen LogP contribution in [-0.2, 0) is 0 Å². The minimum atomic E-state index is 0.748. The molecular weight excluding hydrogens is 130 g/mol. The zero-order valence-corrected chi connectivity index (χ0v) is 6.28. The third kappa shape index (κ3) is 2.28. The van der Waals surface area contributed by atoms with E-state index in [1.807, 2.05) is 11.8 Å². The van der Waals surface area contributed by atoms with Gasteiger partial charge < -0.3 is 0 Å². The van der Waals surface area contributed by atoms with Crippen molar-refractivity contribution in [2.24, 2.45) is 0 Å². The SMILES string of the molecule is N#CCCC1CCCS1. The standard InChI is InChI=1S/C7H11NS/c8-5-1-3-7-4-2-6-9-7/h7H,1-4,6H2. The molecule has 2 heteroatoms. The molecule has 0 bridgehead atoms. The second kappa shape index (κ2) is 3.79. The van der Waals surface area contributed by atoms with Gasteiger partial charge in [0.1, 0.15) is 0 Å². The third-order valence-corrected chi connectivity index (χ3v) is 3.07. The maximum Gasteiger partial charge on any atom is 0.0622 e. The highest BCUT2D eigenvalue weighted by Crippen LogP contribution is 2.29. The van der Waals surface area contributed by atoms with Crippen molar-refractivity contribution >= 4 is 11.8 Å². The molecule has 0 radical (unpaired) electrons. The summed E-state index contributed by atoms with van der Waals surface area (Å²) in [6.07, 6.45) is 4.56. The summed E-state index contributed by atoms with van der Waals surface area (Å²) in [7, 11) is 0. The van der Waals surface area contributed by atoms with Crippen LogP contribution in [0, 0.1) is 11.3 Å². The van der Waals surface area contributed by atoms with E-state index in [2.05, 4.69) is 6.07 Å². The Morgan fingerprint density at radius 2 is 2.56 bits per heavy atom. The molecule has 1 rings (SSSR count). The molecule has 1 nitrogen and oxygen atoms in total. The van der Waals surface area contributed by atoms with Gasteiger partial charge in [-0.1, -0.05) is 0 Å². The van der Waals surface area contributed by atoms with Crippen molar-refractivity contribution in [3.8, 4) is 6.07 Å². The predicted octanol–water partition coefficient (Wildman–Crippen LogP) is 2.19. The molecule has 0 N–H and O–H groups in total.